The number of ketones is 1. The zero-order chi connectivity index (χ0) is 22.9. The number of nitrogens with one attached hydrogen (secondary N) is 2. The van der Waals surface area contributed by atoms with E-state index in [-0.39, 0.29) is 17.7 Å². The fourth-order valence-corrected chi connectivity index (χ4v) is 5.27. The van der Waals surface area contributed by atoms with Gasteiger partial charge in [-0.3, -0.25) is 4.79 Å². The van der Waals surface area contributed by atoms with Crippen molar-refractivity contribution in [1.29, 1.82) is 0 Å². The first-order valence-corrected chi connectivity index (χ1v) is 11.7. The number of anilines is 2. The second kappa shape index (κ2) is 8.94. The maximum Gasteiger partial charge on any atom is 0.163 e. The molecule has 0 unspecified atom stereocenters. The van der Waals surface area contributed by atoms with Gasteiger partial charge < -0.3 is 20.1 Å². The van der Waals surface area contributed by atoms with Gasteiger partial charge in [0.05, 0.1) is 36.1 Å². The normalized spacial score (nSPS) is 19.5. The third kappa shape index (κ3) is 4.11. The van der Waals surface area contributed by atoms with Crippen molar-refractivity contribution in [1.82, 2.24) is 0 Å². The van der Waals surface area contributed by atoms with E-state index in [0.29, 0.717) is 6.42 Å². The number of halogens is 1. The minimum atomic E-state index is -0.261. The van der Waals surface area contributed by atoms with Crippen LogP contribution in [-0.4, -0.2) is 20.0 Å². The summed E-state index contributed by atoms with van der Waals surface area (Å²) in [6.07, 6.45) is 1.23. The Hall–Kier alpha value is -3.25. The summed E-state index contributed by atoms with van der Waals surface area (Å²) in [7, 11) is 3.31. The van der Waals surface area contributed by atoms with Gasteiger partial charge in [-0.15, -0.1) is 0 Å². The van der Waals surface area contributed by atoms with E-state index in [0.717, 1.165) is 56.2 Å². The van der Waals surface area contributed by atoms with Crippen molar-refractivity contribution < 1.29 is 14.3 Å². The summed E-state index contributed by atoms with van der Waals surface area (Å²) in [5.41, 5.74) is 5.87. The third-order valence-electron chi connectivity index (χ3n) is 6.41. The first-order valence-electron chi connectivity index (χ1n) is 10.9. The highest BCUT2D eigenvalue weighted by Crippen LogP contribution is 2.45. The van der Waals surface area contributed by atoms with E-state index < -0.39 is 0 Å². The first kappa shape index (κ1) is 21.6. The van der Waals surface area contributed by atoms with Crippen molar-refractivity contribution >= 4 is 33.1 Å². The number of hydrogen-bond donors (Lipinski definition) is 2. The molecule has 5 nitrogen and oxygen atoms in total. The summed E-state index contributed by atoms with van der Waals surface area (Å²) < 4.78 is 11.6. The minimum absolute atomic E-state index is 0.114. The van der Waals surface area contributed by atoms with Crippen LogP contribution in [0.25, 0.3) is 0 Å². The van der Waals surface area contributed by atoms with Crippen molar-refractivity contribution in [2.45, 2.75) is 24.8 Å². The van der Waals surface area contributed by atoms with E-state index in [4.69, 9.17) is 9.47 Å². The van der Waals surface area contributed by atoms with Crippen LogP contribution < -0.4 is 20.1 Å². The average Bonchev–Trinajstić information content (AvgIpc) is 3.01. The van der Waals surface area contributed by atoms with Gasteiger partial charge in [-0.25, -0.2) is 0 Å². The highest BCUT2D eigenvalue weighted by Gasteiger charge is 2.36. The molecule has 0 bridgehead atoms. The number of methoxy groups -OCH3 is 2. The van der Waals surface area contributed by atoms with Crippen LogP contribution in [0.4, 0.5) is 11.4 Å². The molecule has 33 heavy (non-hydrogen) atoms. The Morgan fingerprint density at radius 2 is 1.61 bits per heavy atom. The van der Waals surface area contributed by atoms with Crippen LogP contribution in [0, 0.1) is 0 Å². The average molecular weight is 505 g/mol. The molecule has 3 aromatic rings. The summed E-state index contributed by atoms with van der Waals surface area (Å²) in [6, 6.07) is 21.8. The molecule has 168 valence electrons. The largest absolute Gasteiger partial charge is 0.497 e. The van der Waals surface area contributed by atoms with Crippen molar-refractivity contribution in [2.75, 3.05) is 24.9 Å². The smallest absolute Gasteiger partial charge is 0.163 e. The fraction of sp³-hybridized carbons (Fsp3) is 0.222. The lowest BCUT2D eigenvalue weighted by Gasteiger charge is -2.30. The number of benzene rings is 3. The van der Waals surface area contributed by atoms with E-state index >= 15 is 0 Å². The second-order valence-corrected chi connectivity index (χ2v) is 9.19. The number of hydrogen-bond acceptors (Lipinski definition) is 5. The van der Waals surface area contributed by atoms with Crippen LogP contribution in [0.15, 0.2) is 82.5 Å². The molecule has 1 aliphatic carbocycles. The summed E-state index contributed by atoms with van der Waals surface area (Å²) in [5, 5.41) is 7.21. The van der Waals surface area contributed by atoms with Gasteiger partial charge in [0.1, 0.15) is 11.5 Å². The molecule has 0 spiro atoms. The first-order chi connectivity index (χ1) is 16.1. The molecule has 0 radical (unpaired) electrons. The van der Waals surface area contributed by atoms with Crippen molar-refractivity contribution in [3.05, 3.63) is 93.6 Å². The van der Waals surface area contributed by atoms with E-state index in [2.05, 4.69) is 38.7 Å². The number of rotatable bonds is 4. The minimum Gasteiger partial charge on any atom is -0.497 e. The highest BCUT2D eigenvalue weighted by atomic mass is 79.9. The molecular formula is C27H25BrN2O3. The number of ether oxygens (including phenoxy) is 2. The van der Waals surface area contributed by atoms with Gasteiger partial charge in [0.15, 0.2) is 5.78 Å². The lowest BCUT2D eigenvalue weighted by atomic mass is 9.78. The molecule has 0 saturated carbocycles. The SMILES string of the molecule is COc1ccc([C@@H]2CC(=O)C3=C(C2)Nc2ccccc2N[C@@H]3c2ccc(OC)c(Br)c2)cc1. The molecule has 2 aliphatic rings. The predicted octanol–water partition coefficient (Wildman–Crippen LogP) is 6.45. The third-order valence-corrected chi connectivity index (χ3v) is 7.03. The van der Waals surface area contributed by atoms with Gasteiger partial charge in [0.2, 0.25) is 0 Å². The Morgan fingerprint density at radius 1 is 0.879 bits per heavy atom. The molecule has 5 rings (SSSR count). The van der Waals surface area contributed by atoms with Crippen LogP contribution in [-0.2, 0) is 4.79 Å². The van der Waals surface area contributed by atoms with Crippen LogP contribution in [0.2, 0.25) is 0 Å². The maximum atomic E-state index is 13.6. The zero-order valence-corrected chi connectivity index (χ0v) is 20.1. The molecule has 0 fully saturated rings. The van der Waals surface area contributed by atoms with E-state index in [1.54, 1.807) is 14.2 Å². The van der Waals surface area contributed by atoms with E-state index in [1.165, 1.54) is 0 Å². The van der Waals surface area contributed by atoms with Gasteiger partial charge >= 0.3 is 0 Å². The van der Waals surface area contributed by atoms with Gasteiger partial charge in [-0.05, 0) is 75.8 Å². The van der Waals surface area contributed by atoms with Crippen LogP contribution in [0.3, 0.4) is 0 Å². The molecule has 6 heteroatoms. The predicted molar refractivity (Wildman–Crippen MR) is 134 cm³/mol. The molecule has 2 atom stereocenters. The summed E-state index contributed by atoms with van der Waals surface area (Å²) in [6.45, 7) is 0. The summed E-state index contributed by atoms with van der Waals surface area (Å²) in [4.78, 5) is 13.6. The number of Topliss-reactive ketones (excluding diaryl/α,β-unsaturated/α-hetero) is 1. The zero-order valence-electron chi connectivity index (χ0n) is 18.5. The number of para-hydroxylation sites is 2. The van der Waals surface area contributed by atoms with Gasteiger partial charge in [-0.2, -0.15) is 0 Å². The monoisotopic (exact) mass is 504 g/mol. The van der Waals surface area contributed by atoms with E-state index in [9.17, 15) is 4.79 Å². The number of fused-ring (bicyclic) bond motifs is 1. The molecular weight excluding hydrogens is 480 g/mol. The molecule has 1 heterocycles. The van der Waals surface area contributed by atoms with Gasteiger partial charge in [-0.1, -0.05) is 30.3 Å². The molecule has 0 amide bonds. The Balaban J connectivity index is 1.58. The van der Waals surface area contributed by atoms with Crippen LogP contribution in [0.5, 0.6) is 11.5 Å². The van der Waals surface area contributed by atoms with Crippen LogP contribution in [0.1, 0.15) is 35.9 Å². The molecule has 0 aromatic heterocycles. The maximum absolute atomic E-state index is 13.6. The number of allylic oxidation sites excluding steroid dienone is 1. The summed E-state index contributed by atoms with van der Waals surface area (Å²) >= 11 is 3.60. The topological polar surface area (TPSA) is 59.6 Å². The molecule has 1 aliphatic heterocycles. The number of carbonyl (C=O) groups is 1. The van der Waals surface area contributed by atoms with Crippen LogP contribution >= 0.6 is 15.9 Å². The Kier molecular flexibility index (Phi) is 5.85. The lowest BCUT2D eigenvalue weighted by Crippen LogP contribution is -2.26. The van der Waals surface area contributed by atoms with Crippen molar-refractivity contribution in [3.8, 4) is 11.5 Å². The molecule has 0 saturated heterocycles. The second-order valence-electron chi connectivity index (χ2n) is 8.34. The van der Waals surface area contributed by atoms with Crippen molar-refractivity contribution in [2.24, 2.45) is 0 Å². The lowest BCUT2D eigenvalue weighted by molar-refractivity contribution is -0.116. The van der Waals surface area contributed by atoms with Crippen molar-refractivity contribution in [3.63, 3.8) is 0 Å². The highest BCUT2D eigenvalue weighted by molar-refractivity contribution is 9.10. The Bertz CT molecular complexity index is 1240. The number of carbonyl (C=O) groups excluding carboxylic acids is 1. The Morgan fingerprint density at radius 3 is 2.30 bits per heavy atom. The van der Waals surface area contributed by atoms with Gasteiger partial charge in [0.25, 0.3) is 0 Å². The molecule has 2 N–H and O–H groups in total. The van der Waals surface area contributed by atoms with E-state index in [1.807, 2.05) is 54.6 Å². The fourth-order valence-electron chi connectivity index (χ4n) is 4.72. The quantitative estimate of drug-likeness (QED) is 0.427. The molecule has 3 aromatic carbocycles. The Labute approximate surface area is 201 Å². The van der Waals surface area contributed by atoms with Gasteiger partial charge in [0, 0.05) is 17.7 Å². The summed E-state index contributed by atoms with van der Waals surface area (Å²) in [5.74, 6) is 1.84. The standard InChI is InChI=1S/C27H25BrN2O3/c1-32-19-10-7-16(8-11-19)18-14-23-26(24(31)15-18)27(17-9-12-25(33-2)20(28)13-17)30-22-6-4-3-5-21(22)29-23/h3-13,18,27,29-30H,14-15H2,1-2H3/t18-,27+/m0/s1.